The van der Waals surface area contributed by atoms with E-state index in [0.29, 0.717) is 17.8 Å². The van der Waals surface area contributed by atoms with Gasteiger partial charge in [-0.3, -0.25) is 0 Å². The topological polar surface area (TPSA) is 60.7 Å². The van der Waals surface area contributed by atoms with E-state index >= 15 is 0 Å². The summed E-state index contributed by atoms with van der Waals surface area (Å²) in [6, 6.07) is 0. The molecule has 4 rings (SSSR count). The van der Waals surface area contributed by atoms with Gasteiger partial charge in [0, 0.05) is 0 Å². The predicted octanol–water partition coefficient (Wildman–Crippen LogP) is 6.13. The monoisotopic (exact) mass is 458 g/mol. The van der Waals surface area contributed by atoms with Gasteiger partial charge in [0.25, 0.3) is 0 Å². The molecular formula is C30H50O3. The third-order valence-corrected chi connectivity index (χ3v) is 11.8. The zero-order valence-electron chi connectivity index (χ0n) is 22.4. The van der Waals surface area contributed by atoms with Crippen LogP contribution in [0, 0.1) is 51.2 Å². The number of rotatable bonds is 3. The van der Waals surface area contributed by atoms with Crippen molar-refractivity contribution >= 4 is 0 Å². The van der Waals surface area contributed by atoms with Gasteiger partial charge >= 0.3 is 0 Å². The summed E-state index contributed by atoms with van der Waals surface area (Å²) in [6.45, 7) is 18.2. The lowest BCUT2D eigenvalue weighted by molar-refractivity contribution is -0.271. The molecule has 0 aliphatic heterocycles. The molecule has 3 N–H and O–H groups in total. The maximum absolute atomic E-state index is 11.7. The molecule has 0 aromatic rings. The Morgan fingerprint density at radius 1 is 0.909 bits per heavy atom. The van der Waals surface area contributed by atoms with Crippen molar-refractivity contribution in [1.29, 1.82) is 0 Å². The summed E-state index contributed by atoms with van der Waals surface area (Å²) in [6.07, 6.45) is 11.3. The van der Waals surface area contributed by atoms with Crippen LogP contribution in [0.5, 0.6) is 0 Å². The highest BCUT2D eigenvalue weighted by Crippen LogP contribution is 2.75. The maximum Gasteiger partial charge on any atom is 0.0595 e. The van der Waals surface area contributed by atoms with Crippen LogP contribution < -0.4 is 0 Å². The summed E-state index contributed by atoms with van der Waals surface area (Å²) >= 11 is 0. The number of hydrogen-bond acceptors (Lipinski definition) is 3. The molecule has 1 unspecified atom stereocenters. The van der Waals surface area contributed by atoms with Crippen molar-refractivity contribution < 1.29 is 15.3 Å². The minimum Gasteiger partial charge on any atom is -0.393 e. The summed E-state index contributed by atoms with van der Waals surface area (Å²) in [5, 5.41) is 34.3. The fourth-order valence-electron chi connectivity index (χ4n) is 10.1. The van der Waals surface area contributed by atoms with E-state index in [1.165, 1.54) is 5.57 Å². The largest absolute Gasteiger partial charge is 0.393 e. The number of hydrogen-bond donors (Lipinski definition) is 3. The molecule has 33 heavy (non-hydrogen) atoms. The van der Waals surface area contributed by atoms with Crippen LogP contribution in [0.25, 0.3) is 0 Å². The van der Waals surface area contributed by atoms with Crippen molar-refractivity contribution in [2.45, 2.75) is 112 Å². The van der Waals surface area contributed by atoms with E-state index < -0.39 is 6.10 Å². The second-order valence-corrected chi connectivity index (χ2v) is 14.0. The lowest BCUT2D eigenvalue weighted by atomic mass is 9.34. The normalized spacial score (nSPS) is 52.0. The zero-order chi connectivity index (χ0) is 24.6. The fraction of sp³-hybridized carbons (Fsp3) is 0.867. The zero-order valence-corrected chi connectivity index (χ0v) is 22.4. The van der Waals surface area contributed by atoms with E-state index in [-0.39, 0.29) is 45.7 Å². The summed E-state index contributed by atoms with van der Waals surface area (Å²) < 4.78 is 0. The van der Waals surface area contributed by atoms with Gasteiger partial charge in [-0.2, -0.15) is 0 Å². The van der Waals surface area contributed by atoms with Crippen LogP contribution in [-0.2, 0) is 0 Å². The summed E-state index contributed by atoms with van der Waals surface area (Å²) in [5.41, 5.74) is 0.962. The van der Waals surface area contributed by atoms with Gasteiger partial charge in [-0.25, -0.2) is 0 Å². The number of aliphatic hydroxyl groups excluding tert-OH is 3. The van der Waals surface area contributed by atoms with Crippen LogP contribution in [0.15, 0.2) is 23.8 Å². The molecule has 0 heterocycles. The SMILES string of the molecule is CC(C)=CC=C[C@@H](C)[C@H]1CC[C@@]2(C)[C@H]1[C@H](O)C[C@@H]1[C@@]3(C)CC[C@H](O)C(C)(C)C3[C@@H](O)C[C@]12C. The molecule has 0 spiro atoms. The Hall–Kier alpha value is -0.640. The molecule has 0 bridgehead atoms. The van der Waals surface area contributed by atoms with Crippen molar-refractivity contribution in [3.8, 4) is 0 Å². The van der Waals surface area contributed by atoms with Crippen LogP contribution >= 0.6 is 0 Å². The maximum atomic E-state index is 11.7. The fourth-order valence-corrected chi connectivity index (χ4v) is 10.1. The van der Waals surface area contributed by atoms with E-state index in [2.05, 4.69) is 73.6 Å². The summed E-state index contributed by atoms with van der Waals surface area (Å²) in [5.74, 6) is 1.64. The third-order valence-electron chi connectivity index (χ3n) is 11.8. The molecule has 0 aromatic carbocycles. The summed E-state index contributed by atoms with van der Waals surface area (Å²) in [4.78, 5) is 0. The van der Waals surface area contributed by atoms with Crippen molar-refractivity contribution in [3.63, 3.8) is 0 Å². The Morgan fingerprint density at radius 2 is 1.58 bits per heavy atom. The van der Waals surface area contributed by atoms with Crippen LogP contribution in [0.3, 0.4) is 0 Å². The first kappa shape index (κ1) is 25.5. The second-order valence-electron chi connectivity index (χ2n) is 14.0. The highest BCUT2D eigenvalue weighted by atomic mass is 16.3. The van der Waals surface area contributed by atoms with E-state index in [0.717, 1.165) is 38.5 Å². The average Bonchev–Trinajstić information content (AvgIpc) is 3.07. The van der Waals surface area contributed by atoms with Crippen LogP contribution in [0.4, 0.5) is 0 Å². The first-order valence-electron chi connectivity index (χ1n) is 13.6. The van der Waals surface area contributed by atoms with E-state index in [9.17, 15) is 15.3 Å². The predicted molar refractivity (Wildman–Crippen MR) is 136 cm³/mol. The highest BCUT2D eigenvalue weighted by Gasteiger charge is 2.72. The Morgan fingerprint density at radius 3 is 2.21 bits per heavy atom. The smallest absolute Gasteiger partial charge is 0.0595 e. The van der Waals surface area contributed by atoms with Gasteiger partial charge in [-0.1, -0.05) is 65.3 Å². The van der Waals surface area contributed by atoms with Gasteiger partial charge in [-0.15, -0.1) is 0 Å². The minimum absolute atomic E-state index is 0.00195. The van der Waals surface area contributed by atoms with E-state index in [4.69, 9.17) is 0 Å². The number of fused-ring (bicyclic) bond motifs is 5. The molecule has 0 amide bonds. The number of allylic oxidation sites excluding steroid dienone is 4. The molecule has 11 atom stereocenters. The Labute approximate surface area is 202 Å². The van der Waals surface area contributed by atoms with E-state index in [1.54, 1.807) is 0 Å². The molecule has 0 radical (unpaired) electrons. The molecule has 3 nitrogen and oxygen atoms in total. The summed E-state index contributed by atoms with van der Waals surface area (Å²) in [7, 11) is 0. The number of aliphatic hydroxyl groups is 3. The quantitative estimate of drug-likeness (QED) is 0.446. The molecule has 4 aliphatic carbocycles. The Balaban J connectivity index is 1.71. The van der Waals surface area contributed by atoms with Crippen molar-refractivity contribution in [2.24, 2.45) is 51.2 Å². The first-order valence-corrected chi connectivity index (χ1v) is 13.6. The van der Waals surface area contributed by atoms with Crippen LogP contribution in [0.2, 0.25) is 0 Å². The Kier molecular flexibility index (Phi) is 6.33. The molecule has 4 saturated carbocycles. The molecule has 3 heteroatoms. The van der Waals surface area contributed by atoms with Crippen molar-refractivity contribution in [2.75, 3.05) is 0 Å². The molecular weight excluding hydrogens is 408 g/mol. The van der Waals surface area contributed by atoms with Crippen molar-refractivity contribution in [3.05, 3.63) is 23.8 Å². The second kappa shape index (κ2) is 8.20. The molecule has 4 fully saturated rings. The lowest BCUT2D eigenvalue weighted by Crippen LogP contribution is -2.69. The van der Waals surface area contributed by atoms with Gasteiger partial charge in [0.15, 0.2) is 0 Å². The third kappa shape index (κ3) is 3.54. The van der Waals surface area contributed by atoms with Gasteiger partial charge < -0.3 is 15.3 Å². The first-order chi connectivity index (χ1) is 15.2. The van der Waals surface area contributed by atoms with E-state index in [1.807, 2.05) is 0 Å². The molecule has 188 valence electrons. The molecule has 0 aromatic heterocycles. The minimum atomic E-state index is -0.400. The van der Waals surface area contributed by atoms with Crippen LogP contribution in [0.1, 0.15) is 93.9 Å². The van der Waals surface area contributed by atoms with Crippen molar-refractivity contribution in [1.82, 2.24) is 0 Å². The molecule has 4 aliphatic rings. The Bertz CT molecular complexity index is 809. The van der Waals surface area contributed by atoms with Gasteiger partial charge in [0.1, 0.15) is 0 Å². The molecule has 0 saturated heterocycles. The van der Waals surface area contributed by atoms with Gasteiger partial charge in [0.2, 0.25) is 0 Å². The van der Waals surface area contributed by atoms with Gasteiger partial charge in [-0.05, 0) is 104 Å². The van der Waals surface area contributed by atoms with Crippen LogP contribution in [-0.4, -0.2) is 33.6 Å². The average molecular weight is 459 g/mol. The lowest BCUT2D eigenvalue weighted by Gasteiger charge is -2.71. The van der Waals surface area contributed by atoms with Gasteiger partial charge in [0.05, 0.1) is 18.3 Å². The highest BCUT2D eigenvalue weighted by molar-refractivity contribution is 5.21. The standard InChI is InChI=1S/C30H50O3/c1-18(2)10-9-11-19(3)20-12-15-29(7)25(20)21(31)16-23-28(6)14-13-24(33)27(4,5)26(28)22(32)17-30(23,29)8/h9-11,19-26,31-33H,12-17H2,1-8H3/t19-,20-,21-,22+,23-,24+,25-,26?,28-,29+,30-/m1/s1.